The molecule has 0 saturated carbocycles. The maximum Gasteiger partial charge on any atom is 0.413 e. The van der Waals surface area contributed by atoms with Gasteiger partial charge in [0.05, 0.1) is 0 Å². The second kappa shape index (κ2) is 5.18. The van der Waals surface area contributed by atoms with Crippen LogP contribution in [0.2, 0.25) is 0 Å². The molecule has 1 aromatic carbocycles. The molecule has 64 valence electrons. The van der Waals surface area contributed by atoms with Crippen LogP contribution >= 0.6 is 47.8 Å². The standard InChI is InChI=1S/C6H2Br3N2.ClH/c7-3-1-4(8)6(11-10)5(9)2-3;/h1-2H;1H/q+1;/p-1. The van der Waals surface area contributed by atoms with E-state index >= 15 is 0 Å². The molecule has 2 nitrogen and oxygen atoms in total. The monoisotopic (exact) mass is 374 g/mol. The van der Waals surface area contributed by atoms with E-state index in [-0.39, 0.29) is 12.4 Å². The Labute approximate surface area is 101 Å². The third kappa shape index (κ3) is 2.70. The van der Waals surface area contributed by atoms with Gasteiger partial charge in [0.15, 0.2) is 4.98 Å². The van der Waals surface area contributed by atoms with Gasteiger partial charge >= 0.3 is 5.69 Å². The molecule has 0 aliphatic carbocycles. The maximum absolute atomic E-state index is 8.54. The molecule has 0 atom stereocenters. The zero-order valence-corrected chi connectivity index (χ0v) is 11.1. The minimum Gasteiger partial charge on any atom is -1.00 e. The van der Waals surface area contributed by atoms with Gasteiger partial charge in [-0.05, 0) is 44.0 Å². The first-order valence-electron chi connectivity index (χ1n) is 2.65. The van der Waals surface area contributed by atoms with Gasteiger partial charge in [0.25, 0.3) is 0 Å². The second-order valence-electron chi connectivity index (χ2n) is 1.82. The first-order valence-corrected chi connectivity index (χ1v) is 5.02. The van der Waals surface area contributed by atoms with Gasteiger partial charge in [-0.3, -0.25) is 0 Å². The Morgan fingerprint density at radius 3 is 1.83 bits per heavy atom. The summed E-state index contributed by atoms with van der Waals surface area (Å²) in [4.78, 5) is 3.10. The number of halogens is 4. The fourth-order valence-electron chi connectivity index (χ4n) is 0.630. The van der Waals surface area contributed by atoms with Gasteiger partial charge in [-0.2, -0.15) is 0 Å². The van der Waals surface area contributed by atoms with Crippen molar-refractivity contribution in [2.24, 2.45) is 0 Å². The molecular weight excluding hydrogens is 375 g/mol. The van der Waals surface area contributed by atoms with Crippen LogP contribution in [-0.4, -0.2) is 0 Å². The third-order valence-corrected chi connectivity index (χ3v) is 2.75. The van der Waals surface area contributed by atoms with Crippen molar-refractivity contribution >= 4 is 53.5 Å². The van der Waals surface area contributed by atoms with Crippen LogP contribution in [0, 0.1) is 5.39 Å². The smallest absolute Gasteiger partial charge is 0.413 e. The largest absolute Gasteiger partial charge is 1.00 e. The van der Waals surface area contributed by atoms with Crippen molar-refractivity contribution in [1.82, 2.24) is 0 Å². The van der Waals surface area contributed by atoms with Gasteiger partial charge in [0.1, 0.15) is 8.95 Å². The zero-order chi connectivity index (χ0) is 8.43. The molecule has 6 heteroatoms. The van der Waals surface area contributed by atoms with Crippen LogP contribution in [0.1, 0.15) is 0 Å². The molecule has 0 aliphatic rings. The SMILES string of the molecule is N#[N+]c1c(Br)cc(Br)cc1Br.[Cl-]. The number of hydrogen-bond donors (Lipinski definition) is 0. The van der Waals surface area contributed by atoms with E-state index in [2.05, 4.69) is 52.8 Å². The summed E-state index contributed by atoms with van der Waals surface area (Å²) in [5.74, 6) is 0. The topological polar surface area (TPSA) is 28.1 Å². The lowest BCUT2D eigenvalue weighted by Gasteiger charge is -1.90. The summed E-state index contributed by atoms with van der Waals surface area (Å²) in [7, 11) is 0. The average Bonchev–Trinajstić information content (AvgIpc) is 1.85. The number of rotatable bonds is 0. The Morgan fingerprint density at radius 1 is 1.08 bits per heavy atom. The fourth-order valence-corrected chi connectivity index (χ4v) is 3.05. The van der Waals surface area contributed by atoms with Gasteiger partial charge in [0.2, 0.25) is 5.39 Å². The lowest BCUT2D eigenvalue weighted by Crippen LogP contribution is -3.00. The van der Waals surface area contributed by atoms with Gasteiger partial charge in [-0.25, -0.2) is 0 Å². The van der Waals surface area contributed by atoms with Gasteiger partial charge in [0, 0.05) is 4.47 Å². The highest BCUT2D eigenvalue weighted by atomic mass is 79.9. The van der Waals surface area contributed by atoms with Crippen molar-refractivity contribution in [3.05, 3.63) is 30.5 Å². The number of nitrogens with zero attached hydrogens (tertiary/aromatic N) is 2. The van der Waals surface area contributed by atoms with E-state index in [1.807, 2.05) is 0 Å². The van der Waals surface area contributed by atoms with E-state index in [0.29, 0.717) is 5.69 Å². The van der Waals surface area contributed by atoms with Crippen LogP contribution in [-0.2, 0) is 0 Å². The van der Waals surface area contributed by atoms with Crippen LogP contribution in [0.25, 0.3) is 4.98 Å². The van der Waals surface area contributed by atoms with Gasteiger partial charge in [-0.15, -0.1) is 0 Å². The first-order chi connectivity index (χ1) is 5.15. The minimum absolute atomic E-state index is 0. The molecule has 0 heterocycles. The molecule has 0 aliphatic heterocycles. The van der Waals surface area contributed by atoms with Crippen molar-refractivity contribution in [3.8, 4) is 0 Å². The fraction of sp³-hybridized carbons (Fsp3) is 0. The first kappa shape index (κ1) is 12.4. The van der Waals surface area contributed by atoms with Crippen molar-refractivity contribution in [1.29, 1.82) is 5.39 Å². The molecule has 1 rings (SSSR count). The van der Waals surface area contributed by atoms with Crippen molar-refractivity contribution in [3.63, 3.8) is 0 Å². The van der Waals surface area contributed by atoms with Gasteiger partial charge in [-0.1, -0.05) is 15.9 Å². The van der Waals surface area contributed by atoms with Crippen molar-refractivity contribution in [2.45, 2.75) is 0 Å². The Bertz CT molecular complexity index is 311. The lowest BCUT2D eigenvalue weighted by molar-refractivity contribution is -0.00000208. The number of benzene rings is 1. The highest BCUT2D eigenvalue weighted by Gasteiger charge is 2.17. The third-order valence-electron chi connectivity index (χ3n) is 1.08. The Hall–Kier alpha value is 0.370. The lowest BCUT2D eigenvalue weighted by atomic mass is 10.3. The van der Waals surface area contributed by atoms with Crippen LogP contribution in [0.5, 0.6) is 0 Å². The summed E-state index contributed by atoms with van der Waals surface area (Å²) in [6, 6.07) is 3.61. The molecule has 0 spiro atoms. The van der Waals surface area contributed by atoms with Crippen LogP contribution < -0.4 is 12.4 Å². The highest BCUT2D eigenvalue weighted by Crippen LogP contribution is 2.36. The molecule has 12 heavy (non-hydrogen) atoms. The Kier molecular flexibility index (Phi) is 5.34. The van der Waals surface area contributed by atoms with Crippen LogP contribution in [0.15, 0.2) is 25.6 Å². The van der Waals surface area contributed by atoms with E-state index in [1.165, 1.54) is 0 Å². The molecule has 0 amide bonds. The summed E-state index contributed by atoms with van der Waals surface area (Å²) in [6.45, 7) is 0. The second-order valence-corrected chi connectivity index (χ2v) is 4.44. The summed E-state index contributed by atoms with van der Waals surface area (Å²) in [5.41, 5.74) is 0.494. The predicted octanol–water partition coefficient (Wildman–Crippen LogP) is 1.46. The van der Waals surface area contributed by atoms with E-state index in [9.17, 15) is 0 Å². The average molecular weight is 377 g/mol. The molecule has 0 unspecified atom stereocenters. The summed E-state index contributed by atoms with van der Waals surface area (Å²) < 4.78 is 2.39. The zero-order valence-electron chi connectivity index (χ0n) is 5.56. The molecule has 0 saturated heterocycles. The van der Waals surface area contributed by atoms with Crippen LogP contribution in [0.3, 0.4) is 0 Å². The van der Waals surface area contributed by atoms with Crippen molar-refractivity contribution in [2.75, 3.05) is 0 Å². The summed E-state index contributed by atoms with van der Waals surface area (Å²) in [6.07, 6.45) is 0. The molecule has 1 aromatic rings. The molecule has 0 bridgehead atoms. The normalized spacial score (nSPS) is 8.50. The van der Waals surface area contributed by atoms with E-state index in [0.717, 1.165) is 13.4 Å². The predicted molar refractivity (Wildman–Crippen MR) is 54.3 cm³/mol. The van der Waals surface area contributed by atoms with Crippen molar-refractivity contribution < 1.29 is 12.4 Å². The van der Waals surface area contributed by atoms with Crippen LogP contribution in [0.4, 0.5) is 5.69 Å². The minimum atomic E-state index is 0. The summed E-state index contributed by atoms with van der Waals surface area (Å²) >= 11 is 9.78. The molecule has 0 N–H and O–H groups in total. The van der Waals surface area contributed by atoms with Gasteiger partial charge < -0.3 is 12.4 Å². The highest BCUT2D eigenvalue weighted by molar-refractivity contribution is 9.11. The molecule has 0 fully saturated rings. The van der Waals surface area contributed by atoms with E-state index in [4.69, 9.17) is 5.39 Å². The number of hydrogen-bond acceptors (Lipinski definition) is 1. The van der Waals surface area contributed by atoms with E-state index < -0.39 is 0 Å². The van der Waals surface area contributed by atoms with E-state index in [1.54, 1.807) is 12.1 Å². The number of diazo groups is 1. The molecule has 0 aromatic heterocycles. The quantitative estimate of drug-likeness (QED) is 0.630. The molecular formula is C6H2Br3ClN2. The Morgan fingerprint density at radius 2 is 1.50 bits per heavy atom. The molecule has 0 radical (unpaired) electrons. The Balaban J connectivity index is 0.00000121. The summed E-state index contributed by atoms with van der Waals surface area (Å²) in [5, 5.41) is 8.54. The maximum atomic E-state index is 8.54.